The molecule has 0 spiro atoms. The van der Waals surface area contributed by atoms with Gasteiger partial charge in [0.1, 0.15) is 5.60 Å². The Labute approximate surface area is 112 Å². The fourth-order valence-electron chi connectivity index (χ4n) is 1.38. The molecule has 0 aliphatic rings. The standard InChI is InChI=1S/C13H18ClNO3/c1-13(18,9-16)8-15-12(17)7-6-10-4-2-3-5-11(10)14/h2-5,16,18H,6-9H2,1H3,(H,15,17). The van der Waals surface area contributed by atoms with Crippen molar-refractivity contribution in [3.8, 4) is 0 Å². The molecule has 1 atom stereocenters. The molecule has 5 heteroatoms. The van der Waals surface area contributed by atoms with Crippen molar-refractivity contribution in [3.63, 3.8) is 0 Å². The lowest BCUT2D eigenvalue weighted by molar-refractivity contribution is -0.122. The zero-order valence-corrected chi connectivity index (χ0v) is 11.1. The predicted octanol–water partition coefficient (Wildman–Crippen LogP) is 1.13. The van der Waals surface area contributed by atoms with E-state index in [0.29, 0.717) is 17.9 Å². The van der Waals surface area contributed by atoms with Crippen LogP contribution in [0, 0.1) is 0 Å². The van der Waals surface area contributed by atoms with Crippen LogP contribution in [0.1, 0.15) is 18.9 Å². The van der Waals surface area contributed by atoms with E-state index in [4.69, 9.17) is 16.7 Å². The molecule has 0 radical (unpaired) electrons. The van der Waals surface area contributed by atoms with E-state index in [-0.39, 0.29) is 12.5 Å². The van der Waals surface area contributed by atoms with Gasteiger partial charge in [-0.1, -0.05) is 29.8 Å². The van der Waals surface area contributed by atoms with E-state index in [1.54, 1.807) is 6.07 Å². The Morgan fingerprint density at radius 1 is 1.44 bits per heavy atom. The first-order valence-electron chi connectivity index (χ1n) is 5.78. The van der Waals surface area contributed by atoms with Crippen molar-refractivity contribution < 1.29 is 15.0 Å². The first-order chi connectivity index (χ1) is 8.44. The molecule has 0 bridgehead atoms. The van der Waals surface area contributed by atoms with Crippen LogP contribution in [-0.4, -0.2) is 34.9 Å². The second kappa shape index (κ2) is 6.73. The fraction of sp³-hybridized carbons (Fsp3) is 0.462. The van der Waals surface area contributed by atoms with Gasteiger partial charge in [0.25, 0.3) is 0 Å². The van der Waals surface area contributed by atoms with Crippen LogP contribution in [0.15, 0.2) is 24.3 Å². The van der Waals surface area contributed by atoms with Crippen LogP contribution in [0.25, 0.3) is 0 Å². The number of aliphatic hydroxyl groups is 2. The Bertz CT molecular complexity index is 407. The van der Waals surface area contributed by atoms with Crippen molar-refractivity contribution in [2.24, 2.45) is 0 Å². The van der Waals surface area contributed by atoms with Gasteiger partial charge in [0.05, 0.1) is 6.61 Å². The molecule has 100 valence electrons. The third kappa shape index (κ3) is 5.04. The highest BCUT2D eigenvalue weighted by Crippen LogP contribution is 2.16. The Hall–Kier alpha value is -1.10. The number of carbonyl (C=O) groups excluding carboxylic acids is 1. The molecule has 0 aliphatic heterocycles. The van der Waals surface area contributed by atoms with Crippen molar-refractivity contribution in [1.29, 1.82) is 0 Å². The molecule has 1 aromatic rings. The molecule has 0 aromatic heterocycles. The van der Waals surface area contributed by atoms with Crippen molar-refractivity contribution in [2.75, 3.05) is 13.2 Å². The highest BCUT2D eigenvalue weighted by Gasteiger charge is 2.19. The van der Waals surface area contributed by atoms with Gasteiger partial charge in [-0.3, -0.25) is 4.79 Å². The number of amides is 1. The maximum atomic E-state index is 11.5. The molecule has 1 rings (SSSR count). The van der Waals surface area contributed by atoms with Gasteiger partial charge in [-0.15, -0.1) is 0 Å². The zero-order valence-electron chi connectivity index (χ0n) is 10.3. The molecular weight excluding hydrogens is 254 g/mol. The number of aliphatic hydroxyl groups excluding tert-OH is 1. The van der Waals surface area contributed by atoms with E-state index in [2.05, 4.69) is 5.32 Å². The molecule has 0 fully saturated rings. The minimum absolute atomic E-state index is 0.0326. The second-order valence-corrected chi connectivity index (χ2v) is 4.93. The summed E-state index contributed by atoms with van der Waals surface area (Å²) in [7, 11) is 0. The number of hydrogen-bond acceptors (Lipinski definition) is 3. The minimum atomic E-state index is -1.28. The van der Waals surface area contributed by atoms with E-state index in [0.717, 1.165) is 5.56 Å². The third-order valence-electron chi connectivity index (χ3n) is 2.59. The molecule has 0 saturated heterocycles. The van der Waals surface area contributed by atoms with E-state index in [1.165, 1.54) is 6.92 Å². The van der Waals surface area contributed by atoms with Crippen LogP contribution in [0.4, 0.5) is 0 Å². The Morgan fingerprint density at radius 3 is 2.72 bits per heavy atom. The van der Waals surface area contributed by atoms with Gasteiger partial charge in [-0.25, -0.2) is 0 Å². The lowest BCUT2D eigenvalue weighted by Gasteiger charge is -2.20. The summed E-state index contributed by atoms with van der Waals surface area (Å²) in [6.07, 6.45) is 0.845. The van der Waals surface area contributed by atoms with Gasteiger partial charge in [0, 0.05) is 18.0 Å². The maximum absolute atomic E-state index is 11.5. The molecule has 1 aromatic carbocycles. The number of nitrogens with one attached hydrogen (secondary N) is 1. The molecule has 3 N–H and O–H groups in total. The van der Waals surface area contributed by atoms with Crippen LogP contribution in [0.5, 0.6) is 0 Å². The number of benzene rings is 1. The molecular formula is C13H18ClNO3. The molecule has 4 nitrogen and oxygen atoms in total. The molecule has 0 heterocycles. The Balaban J connectivity index is 2.36. The summed E-state index contributed by atoms with van der Waals surface area (Å²) in [5, 5.41) is 21.6. The summed E-state index contributed by atoms with van der Waals surface area (Å²) < 4.78 is 0. The van der Waals surface area contributed by atoms with Crippen LogP contribution in [-0.2, 0) is 11.2 Å². The Morgan fingerprint density at radius 2 is 2.11 bits per heavy atom. The lowest BCUT2D eigenvalue weighted by Crippen LogP contribution is -2.43. The van der Waals surface area contributed by atoms with Crippen molar-refractivity contribution in [3.05, 3.63) is 34.9 Å². The minimum Gasteiger partial charge on any atom is -0.393 e. The predicted molar refractivity (Wildman–Crippen MR) is 70.5 cm³/mol. The smallest absolute Gasteiger partial charge is 0.220 e. The molecule has 0 aliphatic carbocycles. The van der Waals surface area contributed by atoms with Gasteiger partial charge in [-0.05, 0) is 25.0 Å². The Kier molecular flexibility index (Phi) is 5.59. The number of hydrogen-bond donors (Lipinski definition) is 3. The van der Waals surface area contributed by atoms with Gasteiger partial charge in [0.15, 0.2) is 0 Å². The fourth-order valence-corrected chi connectivity index (χ4v) is 1.61. The zero-order chi connectivity index (χ0) is 13.6. The maximum Gasteiger partial charge on any atom is 0.220 e. The molecule has 1 amide bonds. The molecule has 18 heavy (non-hydrogen) atoms. The summed E-state index contributed by atoms with van der Waals surface area (Å²) in [6.45, 7) is 1.10. The van der Waals surface area contributed by atoms with E-state index < -0.39 is 12.2 Å². The second-order valence-electron chi connectivity index (χ2n) is 4.52. The average Bonchev–Trinajstić information content (AvgIpc) is 2.35. The van der Waals surface area contributed by atoms with Gasteiger partial charge >= 0.3 is 0 Å². The topological polar surface area (TPSA) is 69.6 Å². The SMILES string of the molecule is CC(O)(CO)CNC(=O)CCc1ccccc1Cl. The third-order valence-corrected chi connectivity index (χ3v) is 2.95. The summed E-state index contributed by atoms with van der Waals surface area (Å²) in [5.74, 6) is -0.177. The summed E-state index contributed by atoms with van der Waals surface area (Å²) in [6, 6.07) is 7.37. The van der Waals surface area contributed by atoms with Crippen molar-refractivity contribution in [2.45, 2.75) is 25.4 Å². The quantitative estimate of drug-likeness (QED) is 0.727. The molecule has 1 unspecified atom stereocenters. The summed E-state index contributed by atoms with van der Waals surface area (Å²) in [4.78, 5) is 11.5. The van der Waals surface area contributed by atoms with Gasteiger partial charge < -0.3 is 15.5 Å². The number of aryl methyl sites for hydroxylation is 1. The molecule has 0 saturated carbocycles. The first-order valence-corrected chi connectivity index (χ1v) is 6.16. The highest BCUT2D eigenvalue weighted by atomic mass is 35.5. The first kappa shape index (κ1) is 15.0. The summed E-state index contributed by atoms with van der Waals surface area (Å²) in [5.41, 5.74) is -0.358. The monoisotopic (exact) mass is 271 g/mol. The lowest BCUT2D eigenvalue weighted by atomic mass is 10.1. The number of carbonyl (C=O) groups is 1. The van der Waals surface area contributed by atoms with E-state index in [9.17, 15) is 9.90 Å². The van der Waals surface area contributed by atoms with Crippen LogP contribution >= 0.6 is 11.6 Å². The number of rotatable bonds is 6. The van der Waals surface area contributed by atoms with Crippen molar-refractivity contribution in [1.82, 2.24) is 5.32 Å². The largest absolute Gasteiger partial charge is 0.393 e. The average molecular weight is 272 g/mol. The summed E-state index contributed by atoms with van der Waals surface area (Å²) >= 11 is 5.98. The van der Waals surface area contributed by atoms with Crippen LogP contribution < -0.4 is 5.32 Å². The van der Waals surface area contributed by atoms with Gasteiger partial charge in [-0.2, -0.15) is 0 Å². The normalized spacial score (nSPS) is 14.0. The highest BCUT2D eigenvalue weighted by molar-refractivity contribution is 6.31. The van der Waals surface area contributed by atoms with Crippen LogP contribution in [0.2, 0.25) is 5.02 Å². The number of halogens is 1. The van der Waals surface area contributed by atoms with Gasteiger partial charge in [0.2, 0.25) is 5.91 Å². The van der Waals surface area contributed by atoms with Crippen LogP contribution in [0.3, 0.4) is 0 Å². The van der Waals surface area contributed by atoms with Crippen molar-refractivity contribution >= 4 is 17.5 Å². The van der Waals surface area contributed by atoms with E-state index in [1.807, 2.05) is 18.2 Å². The van der Waals surface area contributed by atoms with E-state index >= 15 is 0 Å².